The molecule has 116 valence electrons. The van der Waals surface area contributed by atoms with Crippen LogP contribution in [0.25, 0.3) is 0 Å². The number of rotatable bonds is 3. The Morgan fingerprint density at radius 3 is 2.35 bits per heavy atom. The normalized spacial score (nSPS) is 35.7. The molecule has 20 heavy (non-hydrogen) atoms. The molecule has 2 aliphatic heterocycles. The van der Waals surface area contributed by atoms with Crippen molar-refractivity contribution in [3.05, 3.63) is 0 Å². The maximum Gasteiger partial charge on any atom is 0.0356 e. The molecule has 3 fully saturated rings. The number of likely N-dealkylation sites (tertiary alicyclic amines) is 2. The fourth-order valence-corrected chi connectivity index (χ4v) is 4.97. The van der Waals surface area contributed by atoms with E-state index in [1.54, 1.807) is 0 Å². The highest BCUT2D eigenvalue weighted by Gasteiger charge is 2.42. The Hall–Kier alpha value is -0.120. The summed E-state index contributed by atoms with van der Waals surface area (Å²) >= 11 is 0. The van der Waals surface area contributed by atoms with Gasteiger partial charge in [0.2, 0.25) is 0 Å². The molecule has 0 amide bonds. The summed E-state index contributed by atoms with van der Waals surface area (Å²) in [4.78, 5) is 5.40. The van der Waals surface area contributed by atoms with Crippen molar-refractivity contribution < 1.29 is 0 Å². The quantitative estimate of drug-likeness (QED) is 0.860. The Morgan fingerprint density at radius 2 is 1.70 bits per heavy atom. The van der Waals surface area contributed by atoms with Gasteiger partial charge in [-0.2, -0.15) is 0 Å². The minimum absolute atomic E-state index is 0.327. The lowest BCUT2D eigenvalue weighted by atomic mass is 9.73. The number of hydrogen-bond acceptors (Lipinski definition) is 3. The molecule has 2 heterocycles. The van der Waals surface area contributed by atoms with Gasteiger partial charge in [-0.15, -0.1) is 0 Å². The van der Waals surface area contributed by atoms with Crippen LogP contribution in [0.4, 0.5) is 0 Å². The van der Waals surface area contributed by atoms with Gasteiger partial charge in [-0.3, -0.25) is 4.90 Å². The van der Waals surface area contributed by atoms with Crippen molar-refractivity contribution in [3.8, 4) is 0 Å². The van der Waals surface area contributed by atoms with Gasteiger partial charge < -0.3 is 10.6 Å². The van der Waals surface area contributed by atoms with Gasteiger partial charge in [-0.1, -0.05) is 26.2 Å². The van der Waals surface area contributed by atoms with Gasteiger partial charge in [0, 0.05) is 18.6 Å². The Balaban J connectivity index is 1.64. The van der Waals surface area contributed by atoms with Crippen LogP contribution in [0.5, 0.6) is 0 Å². The molecule has 2 atom stereocenters. The van der Waals surface area contributed by atoms with Crippen LogP contribution in [0.2, 0.25) is 0 Å². The third-order valence-corrected chi connectivity index (χ3v) is 6.58. The van der Waals surface area contributed by atoms with Crippen molar-refractivity contribution in [2.75, 3.05) is 39.3 Å². The van der Waals surface area contributed by atoms with E-state index in [0.717, 1.165) is 18.4 Å². The summed E-state index contributed by atoms with van der Waals surface area (Å²) in [6, 6.07) is 0. The number of nitrogens with two attached hydrogens (primary N) is 1. The summed E-state index contributed by atoms with van der Waals surface area (Å²) in [5.41, 5.74) is 6.59. The minimum Gasteiger partial charge on any atom is -0.329 e. The third-order valence-electron chi connectivity index (χ3n) is 6.58. The van der Waals surface area contributed by atoms with E-state index in [-0.39, 0.29) is 0 Å². The average Bonchev–Trinajstić information content (AvgIpc) is 2.54. The van der Waals surface area contributed by atoms with Gasteiger partial charge in [-0.25, -0.2) is 0 Å². The molecule has 0 bridgehead atoms. The van der Waals surface area contributed by atoms with Gasteiger partial charge >= 0.3 is 0 Å². The molecule has 0 radical (unpaired) electrons. The van der Waals surface area contributed by atoms with Crippen LogP contribution in [0.3, 0.4) is 0 Å². The molecule has 3 nitrogen and oxygen atoms in total. The zero-order valence-corrected chi connectivity index (χ0v) is 13.3. The first-order valence-corrected chi connectivity index (χ1v) is 8.95. The zero-order valence-electron chi connectivity index (χ0n) is 13.3. The number of nitrogens with zero attached hydrogens (tertiary/aromatic N) is 2. The highest BCUT2D eigenvalue weighted by molar-refractivity contribution is 4.99. The number of piperidine rings is 2. The summed E-state index contributed by atoms with van der Waals surface area (Å²) < 4.78 is 0. The van der Waals surface area contributed by atoms with Crippen LogP contribution in [-0.4, -0.2) is 54.6 Å². The Kier molecular flexibility index (Phi) is 4.68. The second-order valence-electron chi connectivity index (χ2n) is 7.40. The molecule has 0 aromatic rings. The van der Waals surface area contributed by atoms with E-state index in [2.05, 4.69) is 16.7 Å². The minimum atomic E-state index is 0.327. The maximum atomic E-state index is 6.26. The van der Waals surface area contributed by atoms with Gasteiger partial charge in [0.25, 0.3) is 0 Å². The summed E-state index contributed by atoms with van der Waals surface area (Å²) in [6.45, 7) is 9.49. The van der Waals surface area contributed by atoms with Crippen molar-refractivity contribution in [1.82, 2.24) is 9.80 Å². The smallest absolute Gasteiger partial charge is 0.0356 e. The molecular weight excluding hydrogens is 246 g/mol. The van der Waals surface area contributed by atoms with E-state index in [1.807, 2.05) is 0 Å². The molecule has 3 rings (SSSR count). The summed E-state index contributed by atoms with van der Waals surface area (Å²) in [7, 11) is 0. The van der Waals surface area contributed by atoms with Crippen molar-refractivity contribution >= 4 is 0 Å². The van der Waals surface area contributed by atoms with Crippen LogP contribution in [0.15, 0.2) is 0 Å². The molecule has 2 saturated heterocycles. The molecule has 0 spiro atoms. The molecule has 0 aromatic carbocycles. The van der Waals surface area contributed by atoms with Crippen molar-refractivity contribution in [1.29, 1.82) is 0 Å². The van der Waals surface area contributed by atoms with Crippen LogP contribution in [0.1, 0.15) is 51.9 Å². The van der Waals surface area contributed by atoms with E-state index >= 15 is 0 Å². The standard InChI is InChI=1S/C17H33N3/c1-2-19-11-8-17(14-18,9-12-19)20-10-7-15-5-3-4-6-16(15)13-20/h15-16H,2-14,18H2,1H3. The van der Waals surface area contributed by atoms with E-state index < -0.39 is 0 Å². The second-order valence-corrected chi connectivity index (χ2v) is 7.40. The molecule has 0 aromatic heterocycles. The van der Waals surface area contributed by atoms with Gasteiger partial charge in [0.1, 0.15) is 0 Å². The molecule has 3 heteroatoms. The predicted molar refractivity (Wildman–Crippen MR) is 84.8 cm³/mol. The molecule has 3 aliphatic rings. The highest BCUT2D eigenvalue weighted by atomic mass is 15.2. The Bertz CT molecular complexity index is 309. The number of hydrogen-bond donors (Lipinski definition) is 1. The first-order chi connectivity index (χ1) is 9.77. The van der Waals surface area contributed by atoms with E-state index in [4.69, 9.17) is 5.73 Å². The van der Waals surface area contributed by atoms with Crippen molar-refractivity contribution in [3.63, 3.8) is 0 Å². The molecular formula is C17H33N3. The van der Waals surface area contributed by atoms with Crippen LogP contribution >= 0.6 is 0 Å². The molecule has 1 saturated carbocycles. The van der Waals surface area contributed by atoms with Crippen molar-refractivity contribution in [2.24, 2.45) is 17.6 Å². The first kappa shape index (κ1) is 14.8. The van der Waals surface area contributed by atoms with Gasteiger partial charge in [0.05, 0.1) is 0 Å². The fraction of sp³-hybridized carbons (Fsp3) is 1.00. The first-order valence-electron chi connectivity index (χ1n) is 8.95. The molecule has 2 unspecified atom stereocenters. The summed E-state index contributed by atoms with van der Waals surface area (Å²) in [6.07, 6.45) is 9.93. The predicted octanol–water partition coefficient (Wildman–Crippen LogP) is 2.31. The van der Waals surface area contributed by atoms with Gasteiger partial charge in [0.15, 0.2) is 0 Å². The summed E-state index contributed by atoms with van der Waals surface area (Å²) in [5.74, 6) is 2.01. The highest BCUT2D eigenvalue weighted by Crippen LogP contribution is 2.40. The Labute approximate surface area is 124 Å². The van der Waals surface area contributed by atoms with E-state index in [9.17, 15) is 0 Å². The SMILES string of the molecule is CCN1CCC(CN)(N2CCC3CCCCC3C2)CC1. The Morgan fingerprint density at radius 1 is 1.00 bits per heavy atom. The second kappa shape index (κ2) is 6.33. The fourth-order valence-electron chi connectivity index (χ4n) is 4.97. The van der Waals surface area contributed by atoms with E-state index in [1.165, 1.54) is 77.7 Å². The largest absolute Gasteiger partial charge is 0.329 e. The van der Waals surface area contributed by atoms with Gasteiger partial charge in [-0.05, 0) is 63.7 Å². The monoisotopic (exact) mass is 279 g/mol. The van der Waals surface area contributed by atoms with Crippen LogP contribution in [-0.2, 0) is 0 Å². The van der Waals surface area contributed by atoms with Crippen molar-refractivity contribution in [2.45, 2.75) is 57.4 Å². The zero-order chi connectivity index (χ0) is 14.0. The van der Waals surface area contributed by atoms with Crippen LogP contribution < -0.4 is 5.73 Å². The molecule has 1 aliphatic carbocycles. The molecule has 2 N–H and O–H groups in total. The van der Waals surface area contributed by atoms with Crippen LogP contribution in [0, 0.1) is 11.8 Å². The average molecular weight is 279 g/mol. The topological polar surface area (TPSA) is 32.5 Å². The lowest BCUT2D eigenvalue weighted by molar-refractivity contribution is -0.0250. The van der Waals surface area contributed by atoms with E-state index in [0.29, 0.717) is 5.54 Å². The number of fused-ring (bicyclic) bond motifs is 1. The lowest BCUT2D eigenvalue weighted by Gasteiger charge is -2.53. The lowest BCUT2D eigenvalue weighted by Crippen LogP contribution is -2.62. The maximum absolute atomic E-state index is 6.26. The summed E-state index contributed by atoms with van der Waals surface area (Å²) in [5, 5.41) is 0. The third kappa shape index (κ3) is 2.77.